The van der Waals surface area contributed by atoms with Crippen LogP contribution in [0.15, 0.2) is 54.6 Å². The molecule has 4 rings (SSSR count). The molecule has 2 aromatic rings. The first-order chi connectivity index (χ1) is 14.1. The minimum atomic E-state index is -0.208. The summed E-state index contributed by atoms with van der Waals surface area (Å²) in [7, 11) is 0. The second-order valence-corrected chi connectivity index (χ2v) is 8.02. The van der Waals surface area contributed by atoms with Crippen LogP contribution in [0, 0.1) is 17.8 Å². The number of para-hydroxylation sites is 1. The Hall–Kier alpha value is -2.95. The highest BCUT2D eigenvalue weighted by molar-refractivity contribution is 6.04. The molecule has 0 saturated heterocycles. The lowest BCUT2D eigenvalue weighted by Gasteiger charge is -2.36. The number of Topliss-reactive ketones (excluding diaryl/α,β-unsaturated/α-hetero) is 1. The van der Waals surface area contributed by atoms with Crippen molar-refractivity contribution in [1.29, 1.82) is 0 Å². The van der Waals surface area contributed by atoms with Crippen LogP contribution in [0.25, 0.3) is 0 Å². The van der Waals surface area contributed by atoms with Crippen molar-refractivity contribution in [2.24, 2.45) is 17.8 Å². The third kappa shape index (κ3) is 4.56. The number of esters is 1. The molecule has 5 heteroatoms. The van der Waals surface area contributed by atoms with Crippen molar-refractivity contribution in [3.8, 4) is 0 Å². The summed E-state index contributed by atoms with van der Waals surface area (Å²) in [6.07, 6.45) is 4.17. The van der Waals surface area contributed by atoms with Crippen LogP contribution in [0.4, 0.5) is 5.69 Å². The van der Waals surface area contributed by atoms with Gasteiger partial charge in [-0.15, -0.1) is 0 Å². The maximum absolute atomic E-state index is 12.5. The number of carbonyl (C=O) groups is 3. The third-order valence-corrected chi connectivity index (χ3v) is 6.01. The Bertz CT molecular complexity index is 875. The van der Waals surface area contributed by atoms with E-state index in [1.165, 1.54) is 0 Å². The SMILES string of the molecule is O=C(Nc1ccccc1)c1ccc(COC(=O)C2CC3CCCC(C2)C3=O)cc1. The number of rotatable bonds is 5. The van der Waals surface area contributed by atoms with E-state index in [-0.39, 0.29) is 36.2 Å². The van der Waals surface area contributed by atoms with E-state index in [2.05, 4.69) is 5.32 Å². The van der Waals surface area contributed by atoms with E-state index < -0.39 is 0 Å². The van der Waals surface area contributed by atoms with Gasteiger partial charge in [-0.2, -0.15) is 0 Å². The van der Waals surface area contributed by atoms with Crippen molar-refractivity contribution in [2.75, 3.05) is 5.32 Å². The number of carbonyl (C=O) groups excluding carboxylic acids is 3. The Labute approximate surface area is 170 Å². The van der Waals surface area contributed by atoms with E-state index in [4.69, 9.17) is 4.74 Å². The monoisotopic (exact) mass is 391 g/mol. The molecule has 2 aromatic carbocycles. The van der Waals surface area contributed by atoms with Crippen molar-refractivity contribution in [3.05, 3.63) is 65.7 Å². The first kappa shape index (κ1) is 19.4. The maximum atomic E-state index is 12.5. The number of ketones is 1. The molecule has 0 radical (unpaired) electrons. The lowest BCUT2D eigenvalue weighted by molar-refractivity contribution is -0.154. The average molecular weight is 391 g/mol. The van der Waals surface area contributed by atoms with Gasteiger partial charge in [0.15, 0.2) is 0 Å². The molecule has 2 atom stereocenters. The fraction of sp³-hybridized carbons (Fsp3) is 0.375. The molecular formula is C24H25NO4. The summed E-state index contributed by atoms with van der Waals surface area (Å²) in [6, 6.07) is 16.3. The van der Waals surface area contributed by atoms with E-state index in [0.717, 1.165) is 30.5 Å². The topological polar surface area (TPSA) is 72.5 Å². The zero-order valence-corrected chi connectivity index (χ0v) is 16.3. The van der Waals surface area contributed by atoms with Crippen molar-refractivity contribution >= 4 is 23.3 Å². The van der Waals surface area contributed by atoms with Gasteiger partial charge in [0, 0.05) is 23.1 Å². The van der Waals surface area contributed by atoms with Gasteiger partial charge in [-0.1, -0.05) is 36.8 Å². The molecule has 2 bridgehead atoms. The van der Waals surface area contributed by atoms with Crippen molar-refractivity contribution in [2.45, 2.75) is 38.7 Å². The fourth-order valence-corrected chi connectivity index (χ4v) is 4.42. The van der Waals surface area contributed by atoms with Gasteiger partial charge < -0.3 is 10.1 Å². The molecular weight excluding hydrogens is 366 g/mol. The second kappa shape index (κ2) is 8.60. The van der Waals surface area contributed by atoms with Crippen LogP contribution in [0.2, 0.25) is 0 Å². The molecule has 2 aliphatic carbocycles. The second-order valence-electron chi connectivity index (χ2n) is 8.02. The molecule has 150 valence electrons. The summed E-state index contributed by atoms with van der Waals surface area (Å²) in [4.78, 5) is 37.0. The highest BCUT2D eigenvalue weighted by Gasteiger charge is 2.41. The molecule has 0 aliphatic heterocycles. The van der Waals surface area contributed by atoms with Gasteiger partial charge in [-0.05, 0) is 55.5 Å². The van der Waals surface area contributed by atoms with Gasteiger partial charge in [0.1, 0.15) is 12.4 Å². The Morgan fingerprint density at radius 1 is 0.931 bits per heavy atom. The van der Waals surface area contributed by atoms with Crippen LogP contribution in [0.5, 0.6) is 0 Å². The summed E-state index contributed by atoms with van der Waals surface area (Å²) in [5.74, 6) is -0.119. The van der Waals surface area contributed by atoms with Gasteiger partial charge in [-0.3, -0.25) is 14.4 Å². The fourth-order valence-electron chi connectivity index (χ4n) is 4.42. The molecule has 29 heavy (non-hydrogen) atoms. The zero-order valence-electron chi connectivity index (χ0n) is 16.3. The minimum Gasteiger partial charge on any atom is -0.461 e. The van der Waals surface area contributed by atoms with Crippen molar-refractivity contribution in [3.63, 3.8) is 0 Å². The van der Waals surface area contributed by atoms with Crippen LogP contribution in [-0.4, -0.2) is 17.7 Å². The van der Waals surface area contributed by atoms with E-state index in [1.807, 2.05) is 30.3 Å². The van der Waals surface area contributed by atoms with E-state index in [9.17, 15) is 14.4 Å². The third-order valence-electron chi connectivity index (χ3n) is 6.01. The first-order valence-corrected chi connectivity index (χ1v) is 10.3. The number of nitrogens with one attached hydrogen (secondary N) is 1. The number of fused-ring (bicyclic) bond motifs is 2. The molecule has 1 N–H and O–H groups in total. The normalized spacial score (nSPS) is 23.3. The van der Waals surface area contributed by atoms with Gasteiger partial charge in [0.2, 0.25) is 0 Å². The average Bonchev–Trinajstić information content (AvgIpc) is 2.73. The Morgan fingerprint density at radius 3 is 2.24 bits per heavy atom. The summed E-state index contributed by atoms with van der Waals surface area (Å²) in [6.45, 7) is 0.180. The van der Waals surface area contributed by atoms with Gasteiger partial charge in [-0.25, -0.2) is 0 Å². The molecule has 5 nitrogen and oxygen atoms in total. The Morgan fingerprint density at radius 2 is 1.59 bits per heavy atom. The van der Waals surface area contributed by atoms with Gasteiger partial charge >= 0.3 is 5.97 Å². The lowest BCUT2D eigenvalue weighted by Crippen LogP contribution is -2.39. The van der Waals surface area contributed by atoms with Crippen LogP contribution >= 0.6 is 0 Å². The lowest BCUT2D eigenvalue weighted by atomic mass is 9.67. The van der Waals surface area contributed by atoms with Crippen LogP contribution in [0.1, 0.15) is 48.0 Å². The summed E-state index contributed by atoms with van der Waals surface area (Å²) in [5, 5.41) is 2.84. The van der Waals surface area contributed by atoms with E-state index in [1.54, 1.807) is 24.3 Å². The largest absolute Gasteiger partial charge is 0.461 e. The summed E-state index contributed by atoms with van der Waals surface area (Å²) < 4.78 is 5.51. The molecule has 2 aliphatic rings. The molecule has 2 fully saturated rings. The Balaban J connectivity index is 1.29. The molecule has 0 heterocycles. The number of hydrogen-bond acceptors (Lipinski definition) is 4. The first-order valence-electron chi connectivity index (χ1n) is 10.3. The quantitative estimate of drug-likeness (QED) is 0.768. The standard InChI is InChI=1S/C24H25NO4/c26-22-18-5-4-6-19(22)14-20(13-18)24(28)29-15-16-9-11-17(12-10-16)23(27)25-21-7-2-1-3-8-21/h1-3,7-12,18-20H,4-6,13-15H2,(H,25,27). The molecule has 0 aromatic heterocycles. The highest BCUT2D eigenvalue weighted by atomic mass is 16.5. The summed E-state index contributed by atoms with van der Waals surface area (Å²) >= 11 is 0. The summed E-state index contributed by atoms with van der Waals surface area (Å²) in [5.41, 5.74) is 2.12. The molecule has 2 saturated carbocycles. The number of benzene rings is 2. The predicted octanol–water partition coefficient (Wildman–Crippen LogP) is 4.38. The van der Waals surface area contributed by atoms with E-state index >= 15 is 0 Å². The molecule has 2 unspecified atom stereocenters. The zero-order chi connectivity index (χ0) is 20.2. The smallest absolute Gasteiger partial charge is 0.309 e. The van der Waals surface area contributed by atoms with Crippen LogP contribution < -0.4 is 5.32 Å². The van der Waals surface area contributed by atoms with Gasteiger partial charge in [0.25, 0.3) is 5.91 Å². The van der Waals surface area contributed by atoms with Gasteiger partial charge in [0.05, 0.1) is 5.92 Å². The van der Waals surface area contributed by atoms with Crippen molar-refractivity contribution < 1.29 is 19.1 Å². The minimum absolute atomic E-state index is 0.0439. The van der Waals surface area contributed by atoms with Crippen molar-refractivity contribution in [1.82, 2.24) is 0 Å². The maximum Gasteiger partial charge on any atom is 0.309 e. The number of ether oxygens (including phenoxy) is 1. The molecule has 0 spiro atoms. The predicted molar refractivity (Wildman–Crippen MR) is 109 cm³/mol. The Kier molecular flexibility index (Phi) is 5.74. The number of hydrogen-bond donors (Lipinski definition) is 1. The molecule has 1 amide bonds. The van der Waals surface area contributed by atoms with Crippen LogP contribution in [-0.2, 0) is 20.9 Å². The number of amides is 1. The number of anilines is 1. The highest BCUT2D eigenvalue weighted by Crippen LogP contribution is 2.40. The van der Waals surface area contributed by atoms with E-state index in [0.29, 0.717) is 24.2 Å². The van der Waals surface area contributed by atoms with Crippen LogP contribution in [0.3, 0.4) is 0 Å².